The maximum Gasteiger partial charge on any atom is 0.335 e. The molecule has 0 amide bonds. The Balaban J connectivity index is 0.000000335. The van der Waals surface area contributed by atoms with Gasteiger partial charge in [0, 0.05) is 37.1 Å². The molecule has 0 unspecified atom stereocenters. The maximum atomic E-state index is 12.3. The third-order valence-electron chi connectivity index (χ3n) is 11.9. The Kier molecular flexibility index (Phi) is 33.0. The van der Waals surface area contributed by atoms with Gasteiger partial charge in [0.25, 0.3) is 0 Å². The van der Waals surface area contributed by atoms with Crippen molar-refractivity contribution in [2.75, 3.05) is 0 Å². The van der Waals surface area contributed by atoms with Crippen LogP contribution in [0.15, 0.2) is 120 Å². The third-order valence-corrected chi connectivity index (χ3v) is 13.7. The summed E-state index contributed by atoms with van der Waals surface area (Å²) in [5, 5.41) is 17.5. The second-order valence-electron chi connectivity index (χ2n) is 17.6. The quantitative estimate of drug-likeness (QED) is 0.0356. The topological polar surface area (TPSA) is 117 Å². The fourth-order valence-electron chi connectivity index (χ4n) is 7.83. The molecule has 0 spiro atoms. The highest BCUT2D eigenvalue weighted by atomic mass is 32.2. The summed E-state index contributed by atoms with van der Waals surface area (Å²) in [7, 11) is -3.81. The fraction of sp³-hybridized carbons (Fsp3) is 0.571. The summed E-state index contributed by atoms with van der Waals surface area (Å²) in [5.41, 5.74) is -0.0367. The van der Waals surface area contributed by atoms with Gasteiger partial charge in [-0.3, -0.25) is 0 Å². The number of carbonyl (C=O) groups is 2. The normalized spacial score (nSPS) is 11.0. The number of hydrogen-bond acceptors (Lipinski definition) is 4. The first-order valence-electron chi connectivity index (χ1n) is 25.5. The number of hydrogen-bond donors (Lipinski definition) is 2. The summed E-state index contributed by atoms with van der Waals surface area (Å²) in [6.45, 7) is 6.94. The average Bonchev–Trinajstić information content (AvgIpc) is 3.33. The van der Waals surface area contributed by atoms with Gasteiger partial charge in [0.2, 0.25) is 9.84 Å². The lowest BCUT2D eigenvalue weighted by molar-refractivity contribution is -0.697. The van der Waals surface area contributed by atoms with Crippen LogP contribution in [0.5, 0.6) is 0 Å². The van der Waals surface area contributed by atoms with Crippen molar-refractivity contribution in [3.05, 3.63) is 121 Å². The zero-order chi connectivity index (χ0) is 47.1. The Morgan fingerprint density at radius 3 is 0.831 bits per heavy atom. The number of carboxylic acids is 2. The highest BCUT2D eigenvalue weighted by molar-refractivity contribution is 7.91. The first kappa shape index (κ1) is 56.8. The Morgan fingerprint density at radius 1 is 0.369 bits per heavy atom. The molecule has 0 saturated carbocycles. The number of sulfone groups is 1. The minimum absolute atomic E-state index is 0.0184. The van der Waals surface area contributed by atoms with Crippen molar-refractivity contribution < 1.29 is 37.4 Å². The number of aryl methyl sites for hydroxylation is 2. The van der Waals surface area contributed by atoms with E-state index in [9.17, 15) is 18.0 Å². The van der Waals surface area contributed by atoms with E-state index in [4.69, 9.17) is 10.2 Å². The van der Waals surface area contributed by atoms with Crippen LogP contribution in [0.4, 0.5) is 0 Å². The van der Waals surface area contributed by atoms with Crippen molar-refractivity contribution >= 4 is 21.8 Å². The van der Waals surface area contributed by atoms with Gasteiger partial charge in [-0.05, 0) is 61.4 Å². The molecule has 65 heavy (non-hydrogen) atoms. The number of carboxylic acid groups (broad SMARTS) is 2. The molecule has 2 aromatic carbocycles. The summed E-state index contributed by atoms with van der Waals surface area (Å²) in [5.74, 6) is -2.30. The van der Waals surface area contributed by atoms with Crippen molar-refractivity contribution in [3.8, 4) is 0 Å². The first-order chi connectivity index (χ1) is 31.7. The molecule has 9 heteroatoms. The molecule has 2 heterocycles. The van der Waals surface area contributed by atoms with Crippen molar-refractivity contribution in [2.24, 2.45) is 0 Å². The van der Waals surface area contributed by atoms with Crippen molar-refractivity contribution in [1.29, 1.82) is 0 Å². The highest BCUT2D eigenvalue weighted by Gasteiger charge is 2.18. The van der Waals surface area contributed by atoms with Crippen LogP contribution in [0.3, 0.4) is 0 Å². The third kappa shape index (κ3) is 28.3. The van der Waals surface area contributed by atoms with Gasteiger partial charge in [-0.1, -0.05) is 180 Å². The molecule has 0 aliphatic rings. The van der Waals surface area contributed by atoms with Crippen LogP contribution in [0, 0.1) is 0 Å². The molecule has 2 N–H and O–H groups in total. The van der Waals surface area contributed by atoms with E-state index in [-0.39, 0.29) is 20.9 Å². The van der Waals surface area contributed by atoms with Gasteiger partial charge < -0.3 is 10.2 Å². The number of aromatic nitrogens is 2. The largest absolute Gasteiger partial charge is 0.478 e. The van der Waals surface area contributed by atoms with E-state index in [1.54, 1.807) is 0 Å². The molecule has 8 nitrogen and oxygen atoms in total. The molecule has 0 saturated heterocycles. The second kappa shape index (κ2) is 37.8. The van der Waals surface area contributed by atoms with Crippen molar-refractivity contribution in [2.45, 2.75) is 217 Å². The molecule has 4 aromatic rings. The molecule has 0 bridgehead atoms. The Hall–Kier alpha value is -4.37. The van der Waals surface area contributed by atoms with Gasteiger partial charge in [0.05, 0.1) is 20.9 Å². The molecule has 0 atom stereocenters. The maximum absolute atomic E-state index is 12.3. The van der Waals surface area contributed by atoms with E-state index in [1.165, 1.54) is 241 Å². The van der Waals surface area contributed by atoms with E-state index in [0.717, 1.165) is 0 Å². The van der Waals surface area contributed by atoms with Gasteiger partial charge in [-0.25, -0.2) is 27.1 Å². The SMILES string of the molecule is CCCCCCCCCCCCCCCC[n+]1ccccc1.CCCCCCCCCCCCCCCC[n+]1ccccc1.O=C(O)c1ccc(S(=O)(=O)c2ccc(C(=O)O)cc2)cc1. The van der Waals surface area contributed by atoms with Crippen LogP contribution in [-0.2, 0) is 22.9 Å². The van der Waals surface area contributed by atoms with Crippen LogP contribution in [0.1, 0.15) is 214 Å². The Morgan fingerprint density at radius 2 is 0.600 bits per heavy atom. The Bertz CT molecular complexity index is 1720. The average molecular weight is 915 g/mol. The fourth-order valence-corrected chi connectivity index (χ4v) is 9.09. The van der Waals surface area contributed by atoms with E-state index in [1.807, 2.05) is 0 Å². The standard InChI is InChI=1S/2C21H38N.C14H10O6S/c2*1-2-3-4-5-6-7-8-9-10-11-12-13-14-16-19-22-20-17-15-18-21-22;15-13(16)9-1-5-11(6-2-9)21(19,20)12-7-3-10(4-8-12)14(17)18/h2*15,17-18,20-21H,2-14,16,19H2,1H3;1-8H,(H,15,16)(H,17,18)/q2*+1;. The molecule has 0 radical (unpaired) electrons. The summed E-state index contributed by atoms with van der Waals surface area (Å²) in [4.78, 5) is 21.3. The predicted molar refractivity (Wildman–Crippen MR) is 266 cm³/mol. The molecule has 0 aliphatic carbocycles. The number of rotatable bonds is 34. The number of unbranched alkanes of at least 4 members (excludes halogenated alkanes) is 26. The second-order valence-corrected chi connectivity index (χ2v) is 19.5. The monoisotopic (exact) mass is 915 g/mol. The summed E-state index contributed by atoms with van der Waals surface area (Å²) < 4.78 is 29.2. The van der Waals surface area contributed by atoms with Gasteiger partial charge in [-0.15, -0.1) is 0 Å². The zero-order valence-electron chi connectivity index (χ0n) is 40.4. The first-order valence-corrected chi connectivity index (χ1v) is 27.0. The van der Waals surface area contributed by atoms with Gasteiger partial charge in [-0.2, -0.15) is 0 Å². The van der Waals surface area contributed by atoms with Crippen LogP contribution in [0.25, 0.3) is 0 Å². The molecule has 360 valence electrons. The van der Waals surface area contributed by atoms with Gasteiger partial charge in [0.1, 0.15) is 13.1 Å². The van der Waals surface area contributed by atoms with E-state index in [2.05, 4.69) is 84.2 Å². The van der Waals surface area contributed by atoms with Crippen LogP contribution < -0.4 is 9.13 Å². The number of aromatic carboxylic acids is 2. The van der Waals surface area contributed by atoms with E-state index < -0.39 is 21.8 Å². The van der Waals surface area contributed by atoms with E-state index >= 15 is 0 Å². The smallest absolute Gasteiger partial charge is 0.335 e. The number of pyridine rings is 2. The minimum Gasteiger partial charge on any atom is -0.478 e. The lowest BCUT2D eigenvalue weighted by Crippen LogP contribution is -2.32. The molecular weight excluding hydrogens is 829 g/mol. The number of nitrogens with zero attached hydrogens (tertiary/aromatic N) is 2. The summed E-state index contributed by atoms with van der Waals surface area (Å²) in [6, 6.07) is 22.2. The van der Waals surface area contributed by atoms with Crippen LogP contribution in [0.2, 0.25) is 0 Å². The summed E-state index contributed by atoms with van der Waals surface area (Å²) >= 11 is 0. The van der Waals surface area contributed by atoms with Crippen molar-refractivity contribution in [1.82, 2.24) is 0 Å². The van der Waals surface area contributed by atoms with Crippen molar-refractivity contribution in [3.63, 3.8) is 0 Å². The predicted octanol–water partition coefficient (Wildman–Crippen LogP) is 14.8. The molecule has 0 aliphatic heterocycles. The Labute approximate surface area is 394 Å². The number of benzene rings is 2. The van der Waals surface area contributed by atoms with Gasteiger partial charge in [0.15, 0.2) is 24.8 Å². The molecule has 2 aromatic heterocycles. The van der Waals surface area contributed by atoms with Gasteiger partial charge >= 0.3 is 11.9 Å². The van der Waals surface area contributed by atoms with Crippen LogP contribution >= 0.6 is 0 Å². The van der Waals surface area contributed by atoms with E-state index in [0.29, 0.717) is 0 Å². The van der Waals surface area contributed by atoms with Crippen LogP contribution in [-0.4, -0.2) is 30.6 Å². The highest BCUT2D eigenvalue weighted by Crippen LogP contribution is 2.22. The molecular formula is C56H86N2O6S+2. The lowest BCUT2D eigenvalue weighted by Gasteiger charge is -2.05. The summed E-state index contributed by atoms with van der Waals surface area (Å²) in [6.07, 6.45) is 48.8. The minimum atomic E-state index is -3.81. The molecule has 0 fully saturated rings. The zero-order valence-corrected chi connectivity index (χ0v) is 41.3. The lowest BCUT2D eigenvalue weighted by atomic mass is 10.0. The molecule has 4 rings (SSSR count).